The minimum absolute atomic E-state index is 0.0354. The van der Waals surface area contributed by atoms with E-state index >= 15 is 0 Å². The zero-order chi connectivity index (χ0) is 15.1. The summed E-state index contributed by atoms with van der Waals surface area (Å²) in [6, 6.07) is -0.741. The van der Waals surface area contributed by atoms with Gasteiger partial charge in [0, 0.05) is 13.1 Å². The summed E-state index contributed by atoms with van der Waals surface area (Å²) in [7, 11) is 0. The second-order valence-corrected chi connectivity index (χ2v) is 5.09. The lowest BCUT2D eigenvalue weighted by Crippen LogP contribution is -2.48. The fourth-order valence-corrected chi connectivity index (χ4v) is 2.49. The van der Waals surface area contributed by atoms with E-state index in [1.165, 1.54) is 0 Å². The summed E-state index contributed by atoms with van der Waals surface area (Å²) in [5.41, 5.74) is 0. The van der Waals surface area contributed by atoms with Crippen molar-refractivity contribution in [1.29, 1.82) is 0 Å². The molecule has 0 saturated heterocycles. The first-order valence-corrected chi connectivity index (χ1v) is 6.18. The van der Waals surface area contributed by atoms with Gasteiger partial charge >= 0.3 is 12.1 Å². The van der Waals surface area contributed by atoms with Gasteiger partial charge in [-0.2, -0.15) is 13.2 Å². The molecule has 0 spiro atoms. The lowest BCUT2D eigenvalue weighted by Gasteiger charge is -2.34. The molecule has 112 valence electrons. The Kier molecular flexibility index (Phi) is 3.72. The van der Waals surface area contributed by atoms with Crippen molar-refractivity contribution in [2.24, 2.45) is 5.92 Å². The Morgan fingerprint density at radius 1 is 1.30 bits per heavy atom. The number of halogens is 3. The van der Waals surface area contributed by atoms with Crippen LogP contribution in [0.3, 0.4) is 0 Å². The molecule has 1 unspecified atom stereocenters. The molecule has 0 aromatic carbocycles. The predicted octanol–water partition coefficient (Wildman–Crippen LogP) is 1.22. The van der Waals surface area contributed by atoms with E-state index < -0.39 is 24.0 Å². The molecule has 0 bridgehead atoms. The molecule has 1 aliphatic heterocycles. The summed E-state index contributed by atoms with van der Waals surface area (Å²) in [5.74, 6) is -2.01. The van der Waals surface area contributed by atoms with Gasteiger partial charge in [0.1, 0.15) is 11.9 Å². The number of nitrogens with zero attached hydrogens (tertiary/aromatic N) is 4. The van der Waals surface area contributed by atoms with E-state index in [0.29, 0.717) is 0 Å². The zero-order valence-electron chi connectivity index (χ0n) is 11.1. The van der Waals surface area contributed by atoms with Crippen molar-refractivity contribution in [2.45, 2.75) is 39.2 Å². The molecule has 0 radical (unpaired) electrons. The molecule has 1 aliphatic rings. The fourth-order valence-electron chi connectivity index (χ4n) is 2.49. The van der Waals surface area contributed by atoms with Gasteiger partial charge in [0.15, 0.2) is 0 Å². The van der Waals surface area contributed by atoms with Crippen molar-refractivity contribution in [2.75, 3.05) is 6.54 Å². The number of rotatable bonds is 3. The Morgan fingerprint density at radius 3 is 2.45 bits per heavy atom. The number of aliphatic carboxylic acids is 1. The summed E-state index contributed by atoms with van der Waals surface area (Å²) in [4.78, 5) is 12.9. The predicted molar refractivity (Wildman–Crippen MR) is 61.7 cm³/mol. The molecule has 1 N–H and O–H groups in total. The van der Waals surface area contributed by atoms with Crippen LogP contribution in [0.5, 0.6) is 0 Å². The topological polar surface area (TPSA) is 71.2 Å². The molecule has 9 heteroatoms. The number of fused-ring (bicyclic) bond motifs is 1. The van der Waals surface area contributed by atoms with Gasteiger partial charge in [-0.1, -0.05) is 13.8 Å². The van der Waals surface area contributed by atoms with E-state index in [0.717, 1.165) is 4.57 Å². The monoisotopic (exact) mass is 292 g/mol. The van der Waals surface area contributed by atoms with Crippen molar-refractivity contribution in [3.63, 3.8) is 0 Å². The second kappa shape index (κ2) is 5.04. The molecule has 0 aliphatic carbocycles. The Balaban J connectivity index is 2.24. The smallest absolute Gasteiger partial charge is 0.451 e. The van der Waals surface area contributed by atoms with E-state index in [4.69, 9.17) is 0 Å². The summed E-state index contributed by atoms with van der Waals surface area (Å²) < 4.78 is 39.1. The summed E-state index contributed by atoms with van der Waals surface area (Å²) in [5, 5.41) is 15.9. The normalized spacial score (nSPS) is 18.1. The van der Waals surface area contributed by atoms with Crippen molar-refractivity contribution in [3.8, 4) is 0 Å². The highest BCUT2D eigenvalue weighted by atomic mass is 19.4. The third-order valence-electron chi connectivity index (χ3n) is 3.31. The summed E-state index contributed by atoms with van der Waals surface area (Å²) in [6.45, 7) is 3.84. The Hall–Kier alpha value is -1.64. The number of carbonyl (C=O) groups is 1. The van der Waals surface area contributed by atoms with Crippen LogP contribution in [-0.2, 0) is 24.1 Å². The maximum atomic E-state index is 12.7. The summed E-state index contributed by atoms with van der Waals surface area (Å²) >= 11 is 0. The molecule has 0 saturated carbocycles. The molecular weight excluding hydrogens is 277 g/mol. The van der Waals surface area contributed by atoms with Gasteiger partial charge in [0.2, 0.25) is 5.82 Å². The third kappa shape index (κ3) is 2.62. The van der Waals surface area contributed by atoms with Crippen molar-refractivity contribution in [3.05, 3.63) is 11.6 Å². The number of aromatic nitrogens is 3. The van der Waals surface area contributed by atoms with Gasteiger partial charge in [0.05, 0.1) is 6.54 Å². The second-order valence-electron chi connectivity index (χ2n) is 5.09. The average molecular weight is 292 g/mol. The maximum absolute atomic E-state index is 12.7. The highest BCUT2D eigenvalue weighted by Crippen LogP contribution is 2.30. The number of hydrogen-bond acceptors (Lipinski definition) is 4. The van der Waals surface area contributed by atoms with Crippen molar-refractivity contribution >= 4 is 5.97 Å². The van der Waals surface area contributed by atoms with Gasteiger partial charge in [-0.15, -0.1) is 10.2 Å². The Labute approximate surface area is 113 Å². The van der Waals surface area contributed by atoms with Crippen LogP contribution in [0.1, 0.15) is 25.5 Å². The largest absolute Gasteiger partial charge is 0.480 e. The van der Waals surface area contributed by atoms with Crippen LogP contribution < -0.4 is 0 Å². The first kappa shape index (κ1) is 14.8. The lowest BCUT2D eigenvalue weighted by molar-refractivity contribution is -0.150. The Morgan fingerprint density at radius 2 is 1.95 bits per heavy atom. The van der Waals surface area contributed by atoms with Gasteiger partial charge in [0.25, 0.3) is 0 Å². The van der Waals surface area contributed by atoms with Crippen LogP contribution in [0.2, 0.25) is 0 Å². The van der Waals surface area contributed by atoms with Gasteiger partial charge < -0.3 is 9.67 Å². The lowest BCUT2D eigenvalue weighted by atomic mass is 10.0. The highest BCUT2D eigenvalue weighted by molar-refractivity contribution is 5.73. The molecule has 1 aromatic heterocycles. The first-order valence-electron chi connectivity index (χ1n) is 6.18. The number of carboxylic acid groups (broad SMARTS) is 1. The molecule has 20 heavy (non-hydrogen) atoms. The van der Waals surface area contributed by atoms with Gasteiger partial charge in [-0.25, -0.2) is 0 Å². The van der Waals surface area contributed by atoms with E-state index in [1.807, 2.05) is 0 Å². The fraction of sp³-hybridized carbons (Fsp3) is 0.727. The van der Waals surface area contributed by atoms with Crippen LogP contribution in [0.15, 0.2) is 0 Å². The van der Waals surface area contributed by atoms with E-state index in [1.54, 1.807) is 18.7 Å². The van der Waals surface area contributed by atoms with E-state index in [9.17, 15) is 23.1 Å². The van der Waals surface area contributed by atoms with Crippen LogP contribution >= 0.6 is 0 Å². The highest BCUT2D eigenvalue weighted by Gasteiger charge is 2.41. The van der Waals surface area contributed by atoms with Gasteiger partial charge in [-0.3, -0.25) is 9.69 Å². The molecule has 2 heterocycles. The molecule has 0 fully saturated rings. The third-order valence-corrected chi connectivity index (χ3v) is 3.31. The standard InChI is InChI=1S/C11H15F3N4O2/c1-6(2)8(9(19)20)17-3-4-18-7(5-17)15-16-10(18)11(12,13)14/h6,8H,3-5H2,1-2H3,(H,19,20). The summed E-state index contributed by atoms with van der Waals surface area (Å²) in [6.07, 6.45) is -4.54. The minimum Gasteiger partial charge on any atom is -0.480 e. The zero-order valence-corrected chi connectivity index (χ0v) is 11.1. The maximum Gasteiger partial charge on any atom is 0.451 e. The van der Waals surface area contributed by atoms with E-state index in [-0.39, 0.29) is 31.4 Å². The molecule has 1 aromatic rings. The van der Waals surface area contributed by atoms with Gasteiger partial charge in [-0.05, 0) is 5.92 Å². The molecule has 2 rings (SSSR count). The first-order chi connectivity index (χ1) is 9.21. The van der Waals surface area contributed by atoms with E-state index in [2.05, 4.69) is 10.2 Å². The minimum atomic E-state index is -4.54. The molecule has 6 nitrogen and oxygen atoms in total. The molecular formula is C11H15F3N4O2. The molecule has 1 atom stereocenters. The average Bonchev–Trinajstić information content (AvgIpc) is 2.70. The number of carboxylic acids is 1. The van der Waals surface area contributed by atoms with Crippen LogP contribution in [0.4, 0.5) is 13.2 Å². The SMILES string of the molecule is CC(C)C(C(=O)O)N1CCn2c(nnc2C(F)(F)F)C1. The number of hydrogen-bond donors (Lipinski definition) is 1. The number of alkyl halides is 3. The van der Waals surface area contributed by atoms with Crippen molar-refractivity contribution < 1.29 is 23.1 Å². The van der Waals surface area contributed by atoms with Crippen LogP contribution in [0, 0.1) is 5.92 Å². The van der Waals surface area contributed by atoms with Crippen LogP contribution in [-0.4, -0.2) is 43.3 Å². The van der Waals surface area contributed by atoms with Crippen molar-refractivity contribution in [1.82, 2.24) is 19.7 Å². The Bertz CT molecular complexity index is 512. The van der Waals surface area contributed by atoms with Crippen LogP contribution in [0.25, 0.3) is 0 Å². The molecule has 0 amide bonds. The quantitative estimate of drug-likeness (QED) is 0.907.